The van der Waals surface area contributed by atoms with Crippen molar-refractivity contribution in [2.24, 2.45) is 52.3 Å². The second kappa shape index (κ2) is 8.63. The van der Waals surface area contributed by atoms with Crippen molar-refractivity contribution in [3.63, 3.8) is 0 Å². The molecule has 0 amide bonds. The first-order valence-corrected chi connectivity index (χ1v) is 13.1. The average Bonchev–Trinajstić information content (AvgIpc) is 3.06. The molecule has 4 nitrogen and oxygen atoms in total. The Balaban J connectivity index is 1.62. The molecule has 0 aromatic rings. The van der Waals surface area contributed by atoms with Gasteiger partial charge in [-0.15, -0.1) is 0 Å². The molecule has 0 bridgehead atoms. The molecule has 0 aromatic heterocycles. The van der Waals surface area contributed by atoms with E-state index in [4.69, 9.17) is 4.74 Å². The molecule has 4 fully saturated rings. The summed E-state index contributed by atoms with van der Waals surface area (Å²) in [6.45, 7) is 11.4. The van der Waals surface area contributed by atoms with Gasteiger partial charge in [0, 0.05) is 13.5 Å². The fourth-order valence-corrected chi connectivity index (χ4v) is 9.66. The number of esters is 1. The SMILES string of the molecule is CCC1C(O)C2C(CC[C@]3(C)C(C(C)CCO)CCC23)[C@@]2(C)CCC(OC(C)=O)CC12. The predicted molar refractivity (Wildman–Crippen MR) is 122 cm³/mol. The molecule has 9 unspecified atom stereocenters. The van der Waals surface area contributed by atoms with Gasteiger partial charge in [0.25, 0.3) is 0 Å². The molecule has 31 heavy (non-hydrogen) atoms. The zero-order chi connectivity index (χ0) is 22.6. The van der Waals surface area contributed by atoms with Crippen LogP contribution in [0.15, 0.2) is 0 Å². The van der Waals surface area contributed by atoms with Crippen molar-refractivity contribution in [1.82, 2.24) is 0 Å². The first-order chi connectivity index (χ1) is 14.7. The van der Waals surface area contributed by atoms with Gasteiger partial charge in [-0.2, -0.15) is 0 Å². The number of ether oxygens (including phenoxy) is 1. The Labute approximate surface area is 189 Å². The van der Waals surface area contributed by atoms with E-state index >= 15 is 0 Å². The zero-order valence-electron chi connectivity index (χ0n) is 20.5. The number of hydrogen-bond donors (Lipinski definition) is 2. The highest BCUT2D eigenvalue weighted by Gasteiger charge is 2.65. The molecule has 4 heteroatoms. The Morgan fingerprint density at radius 2 is 1.74 bits per heavy atom. The number of rotatable bonds is 5. The highest BCUT2D eigenvalue weighted by Crippen LogP contribution is 2.69. The number of aliphatic hydroxyl groups excluding tert-OH is 2. The van der Waals surface area contributed by atoms with Gasteiger partial charge < -0.3 is 14.9 Å². The second-order valence-corrected chi connectivity index (χ2v) is 12.2. The third-order valence-corrected chi connectivity index (χ3v) is 11.0. The zero-order valence-corrected chi connectivity index (χ0v) is 20.5. The second-order valence-electron chi connectivity index (χ2n) is 12.2. The maximum absolute atomic E-state index is 11.8. The number of carbonyl (C=O) groups is 1. The van der Waals surface area contributed by atoms with E-state index in [2.05, 4.69) is 27.7 Å². The lowest BCUT2D eigenvalue weighted by molar-refractivity contribution is -0.207. The molecule has 0 heterocycles. The third-order valence-electron chi connectivity index (χ3n) is 11.0. The molecular weight excluding hydrogens is 388 g/mol. The van der Waals surface area contributed by atoms with Crippen LogP contribution in [0.2, 0.25) is 0 Å². The van der Waals surface area contributed by atoms with Crippen molar-refractivity contribution in [2.75, 3.05) is 6.61 Å². The molecule has 0 aromatic carbocycles. The van der Waals surface area contributed by atoms with Crippen molar-refractivity contribution in [3.8, 4) is 0 Å². The van der Waals surface area contributed by atoms with Crippen molar-refractivity contribution in [1.29, 1.82) is 0 Å². The van der Waals surface area contributed by atoms with E-state index in [1.165, 1.54) is 32.6 Å². The van der Waals surface area contributed by atoms with Crippen molar-refractivity contribution in [3.05, 3.63) is 0 Å². The normalized spacial score (nSPS) is 50.2. The summed E-state index contributed by atoms with van der Waals surface area (Å²) in [5, 5.41) is 21.4. The van der Waals surface area contributed by atoms with E-state index in [9.17, 15) is 15.0 Å². The molecular formula is C27H46O4. The number of carbonyl (C=O) groups excluding carboxylic acids is 1. The van der Waals surface area contributed by atoms with Crippen LogP contribution in [-0.4, -0.2) is 35.0 Å². The minimum atomic E-state index is -0.235. The molecule has 0 aliphatic heterocycles. The van der Waals surface area contributed by atoms with E-state index in [0.717, 1.165) is 32.1 Å². The number of aliphatic hydroxyl groups is 2. The van der Waals surface area contributed by atoms with Crippen LogP contribution in [-0.2, 0) is 9.53 Å². The Morgan fingerprint density at radius 1 is 1.06 bits per heavy atom. The van der Waals surface area contributed by atoms with Gasteiger partial charge in [-0.1, -0.05) is 34.1 Å². The topological polar surface area (TPSA) is 66.8 Å². The summed E-state index contributed by atoms with van der Waals surface area (Å²) in [6, 6.07) is 0. The van der Waals surface area contributed by atoms with Gasteiger partial charge in [0.2, 0.25) is 0 Å². The minimum Gasteiger partial charge on any atom is -0.463 e. The van der Waals surface area contributed by atoms with Crippen molar-refractivity contribution < 1.29 is 19.7 Å². The summed E-state index contributed by atoms with van der Waals surface area (Å²) < 4.78 is 5.66. The monoisotopic (exact) mass is 434 g/mol. The minimum absolute atomic E-state index is 0.0254. The van der Waals surface area contributed by atoms with Gasteiger partial charge in [-0.3, -0.25) is 4.79 Å². The molecule has 178 valence electrons. The van der Waals surface area contributed by atoms with Crippen LogP contribution in [0, 0.1) is 52.3 Å². The first-order valence-electron chi connectivity index (χ1n) is 13.1. The third kappa shape index (κ3) is 3.68. The molecule has 4 aliphatic carbocycles. The van der Waals surface area contributed by atoms with Crippen molar-refractivity contribution in [2.45, 2.75) is 105 Å². The maximum atomic E-state index is 11.8. The van der Waals surface area contributed by atoms with Crippen LogP contribution in [0.5, 0.6) is 0 Å². The first kappa shape index (κ1) is 23.5. The Bertz CT molecular complexity index is 664. The molecule has 0 spiro atoms. The Morgan fingerprint density at radius 3 is 2.39 bits per heavy atom. The van der Waals surface area contributed by atoms with Gasteiger partial charge >= 0.3 is 5.97 Å². The van der Waals surface area contributed by atoms with E-state index in [0.29, 0.717) is 46.8 Å². The summed E-state index contributed by atoms with van der Waals surface area (Å²) in [6.07, 6.45) is 9.69. The summed E-state index contributed by atoms with van der Waals surface area (Å²) >= 11 is 0. The van der Waals surface area contributed by atoms with Crippen LogP contribution in [0.25, 0.3) is 0 Å². The lowest BCUT2D eigenvalue weighted by Gasteiger charge is -2.64. The van der Waals surface area contributed by atoms with Gasteiger partial charge in [-0.05, 0) is 104 Å². The fourth-order valence-electron chi connectivity index (χ4n) is 9.66. The standard InChI is InChI=1S/C27H46O4/c1-6-19-23-15-18(31-17(3)29)9-12-27(23,5)22-10-13-26(4)20(16(2)11-14-28)7-8-21(26)24(22)25(19)30/h16,18-25,28,30H,6-15H2,1-5H3/t16?,18?,19?,20?,21?,22?,23?,24?,25?,26-,27-/m1/s1. The summed E-state index contributed by atoms with van der Waals surface area (Å²) in [4.78, 5) is 11.6. The van der Waals surface area contributed by atoms with Gasteiger partial charge in [0.05, 0.1) is 6.10 Å². The van der Waals surface area contributed by atoms with Crippen LogP contribution >= 0.6 is 0 Å². The quantitative estimate of drug-likeness (QED) is 0.584. The molecule has 4 rings (SSSR count). The van der Waals surface area contributed by atoms with Gasteiger partial charge in [0.1, 0.15) is 6.10 Å². The summed E-state index contributed by atoms with van der Waals surface area (Å²) in [7, 11) is 0. The average molecular weight is 435 g/mol. The lowest BCUT2D eigenvalue weighted by atomic mass is 9.41. The lowest BCUT2D eigenvalue weighted by Crippen LogP contribution is -2.62. The van der Waals surface area contributed by atoms with E-state index < -0.39 is 0 Å². The van der Waals surface area contributed by atoms with E-state index in [-0.39, 0.29) is 30.2 Å². The van der Waals surface area contributed by atoms with E-state index in [1.807, 2.05) is 0 Å². The number of fused-ring (bicyclic) bond motifs is 5. The molecule has 4 saturated carbocycles. The molecule has 0 saturated heterocycles. The van der Waals surface area contributed by atoms with Crippen LogP contribution in [0.4, 0.5) is 0 Å². The molecule has 11 atom stereocenters. The highest BCUT2D eigenvalue weighted by atomic mass is 16.5. The summed E-state index contributed by atoms with van der Waals surface area (Å²) in [5.74, 6) is 3.40. The van der Waals surface area contributed by atoms with Crippen molar-refractivity contribution >= 4 is 5.97 Å². The largest absolute Gasteiger partial charge is 0.463 e. The van der Waals surface area contributed by atoms with Gasteiger partial charge in [0.15, 0.2) is 0 Å². The van der Waals surface area contributed by atoms with Crippen LogP contribution in [0.1, 0.15) is 92.4 Å². The van der Waals surface area contributed by atoms with E-state index in [1.54, 1.807) is 0 Å². The van der Waals surface area contributed by atoms with Crippen LogP contribution < -0.4 is 0 Å². The molecule has 0 radical (unpaired) electrons. The van der Waals surface area contributed by atoms with Gasteiger partial charge in [-0.25, -0.2) is 0 Å². The summed E-state index contributed by atoms with van der Waals surface area (Å²) in [5.41, 5.74) is 0.546. The molecule has 2 N–H and O–H groups in total. The Hall–Kier alpha value is -0.610. The fraction of sp³-hybridized carbons (Fsp3) is 0.963. The maximum Gasteiger partial charge on any atom is 0.302 e. The Kier molecular flexibility index (Phi) is 6.55. The number of hydrogen-bond acceptors (Lipinski definition) is 4. The molecule has 4 aliphatic rings. The van der Waals surface area contributed by atoms with Crippen LogP contribution in [0.3, 0.4) is 0 Å². The predicted octanol–water partition coefficient (Wildman–Crippen LogP) is 5.20. The smallest absolute Gasteiger partial charge is 0.302 e. The highest BCUT2D eigenvalue weighted by molar-refractivity contribution is 5.66.